The Hall–Kier alpha value is -1.79. The van der Waals surface area contributed by atoms with Crippen molar-refractivity contribution in [3.05, 3.63) is 23.2 Å². The van der Waals surface area contributed by atoms with Gasteiger partial charge < -0.3 is 16.8 Å². The number of nitrogens with one attached hydrogen (secondary N) is 1. The van der Waals surface area contributed by atoms with E-state index >= 15 is 0 Å². The summed E-state index contributed by atoms with van der Waals surface area (Å²) >= 11 is 5.82. The zero-order chi connectivity index (χ0) is 14.4. The molecule has 1 rings (SSSR count). The standard InChI is InChI=1S/C12H17ClN4O2/c1-2-17(6-11(15)18)7-12(19)16-10-5-8(13)3-4-9(10)14/h3-5H,2,6-7,14H2,1H3,(H2,15,18)(H,16,19). The monoisotopic (exact) mass is 284 g/mol. The SMILES string of the molecule is CCN(CC(N)=O)CC(=O)Nc1cc(Cl)ccc1N. The van der Waals surface area contributed by atoms with Crippen molar-refractivity contribution in [1.82, 2.24) is 4.90 Å². The van der Waals surface area contributed by atoms with Crippen LogP contribution in [0.15, 0.2) is 18.2 Å². The topological polar surface area (TPSA) is 101 Å². The summed E-state index contributed by atoms with van der Waals surface area (Å²) in [6.45, 7) is 2.48. The number of hydrogen-bond acceptors (Lipinski definition) is 4. The molecule has 0 bridgehead atoms. The number of amides is 2. The molecule has 0 unspecified atom stereocenters. The van der Waals surface area contributed by atoms with Gasteiger partial charge >= 0.3 is 0 Å². The van der Waals surface area contributed by atoms with Crippen LogP contribution in [0.25, 0.3) is 0 Å². The summed E-state index contributed by atoms with van der Waals surface area (Å²) in [6.07, 6.45) is 0. The largest absolute Gasteiger partial charge is 0.397 e. The molecule has 104 valence electrons. The van der Waals surface area contributed by atoms with Crippen LogP contribution in [0.2, 0.25) is 5.02 Å². The molecule has 0 saturated heterocycles. The molecule has 1 aromatic carbocycles. The number of carbonyl (C=O) groups is 2. The molecule has 6 nitrogen and oxygen atoms in total. The van der Waals surface area contributed by atoms with Crippen LogP contribution >= 0.6 is 11.6 Å². The molecule has 0 radical (unpaired) electrons. The molecule has 0 heterocycles. The number of primary amides is 1. The fourth-order valence-electron chi connectivity index (χ4n) is 1.53. The Morgan fingerprint density at radius 2 is 2.05 bits per heavy atom. The Morgan fingerprint density at radius 1 is 1.37 bits per heavy atom. The van der Waals surface area contributed by atoms with Crippen LogP contribution in [-0.4, -0.2) is 36.3 Å². The second-order valence-electron chi connectivity index (χ2n) is 4.05. The minimum Gasteiger partial charge on any atom is -0.397 e. The molecule has 0 aliphatic carbocycles. The smallest absolute Gasteiger partial charge is 0.238 e. The number of anilines is 2. The summed E-state index contributed by atoms with van der Waals surface area (Å²) < 4.78 is 0. The van der Waals surface area contributed by atoms with E-state index in [0.717, 1.165) is 0 Å². The number of rotatable bonds is 6. The van der Waals surface area contributed by atoms with Crippen molar-refractivity contribution in [2.75, 3.05) is 30.7 Å². The molecule has 1 aromatic rings. The lowest BCUT2D eigenvalue weighted by Gasteiger charge is -2.18. The van der Waals surface area contributed by atoms with Crippen molar-refractivity contribution >= 4 is 34.8 Å². The van der Waals surface area contributed by atoms with Crippen LogP contribution in [0.4, 0.5) is 11.4 Å². The highest BCUT2D eigenvalue weighted by atomic mass is 35.5. The molecule has 0 atom stereocenters. The van der Waals surface area contributed by atoms with Crippen LogP contribution in [0.1, 0.15) is 6.92 Å². The van der Waals surface area contributed by atoms with Crippen LogP contribution < -0.4 is 16.8 Å². The van der Waals surface area contributed by atoms with E-state index < -0.39 is 5.91 Å². The van der Waals surface area contributed by atoms with Crippen molar-refractivity contribution in [3.63, 3.8) is 0 Å². The first kappa shape index (κ1) is 15.3. The van der Waals surface area contributed by atoms with Crippen LogP contribution in [0, 0.1) is 0 Å². The minimum absolute atomic E-state index is 0.0367. The Bertz CT molecular complexity index is 479. The van der Waals surface area contributed by atoms with Gasteiger partial charge in [-0.05, 0) is 24.7 Å². The van der Waals surface area contributed by atoms with Gasteiger partial charge in [0.1, 0.15) is 0 Å². The molecule has 2 amide bonds. The third kappa shape index (κ3) is 5.15. The van der Waals surface area contributed by atoms with E-state index in [0.29, 0.717) is 22.9 Å². The maximum absolute atomic E-state index is 11.8. The number of nitrogens with two attached hydrogens (primary N) is 2. The molecule has 0 aromatic heterocycles. The maximum atomic E-state index is 11.8. The number of benzene rings is 1. The highest BCUT2D eigenvalue weighted by molar-refractivity contribution is 6.31. The van der Waals surface area contributed by atoms with Gasteiger partial charge in [-0.3, -0.25) is 14.5 Å². The molecular weight excluding hydrogens is 268 g/mol. The lowest BCUT2D eigenvalue weighted by molar-refractivity contribution is -0.121. The molecule has 0 spiro atoms. The van der Waals surface area contributed by atoms with E-state index in [4.69, 9.17) is 23.1 Å². The zero-order valence-corrected chi connectivity index (χ0v) is 11.4. The van der Waals surface area contributed by atoms with Gasteiger partial charge in [0.25, 0.3) is 0 Å². The predicted octanol–water partition coefficient (Wildman–Crippen LogP) is 0.668. The van der Waals surface area contributed by atoms with Crippen LogP contribution in [-0.2, 0) is 9.59 Å². The quantitative estimate of drug-likeness (QED) is 0.668. The predicted molar refractivity (Wildman–Crippen MR) is 75.8 cm³/mol. The van der Waals surface area contributed by atoms with Gasteiger partial charge in [0.05, 0.1) is 24.5 Å². The van der Waals surface area contributed by atoms with Crippen molar-refractivity contribution in [1.29, 1.82) is 0 Å². The number of halogens is 1. The third-order valence-corrected chi connectivity index (χ3v) is 2.72. The molecule has 0 saturated carbocycles. The Kier molecular flexibility index (Phi) is 5.59. The summed E-state index contributed by atoms with van der Waals surface area (Å²) in [5.74, 6) is -0.756. The number of hydrogen-bond donors (Lipinski definition) is 3. The van der Waals surface area contributed by atoms with Crippen molar-refractivity contribution in [3.8, 4) is 0 Å². The van der Waals surface area contributed by atoms with Crippen molar-refractivity contribution < 1.29 is 9.59 Å². The Balaban J connectivity index is 2.63. The summed E-state index contributed by atoms with van der Waals surface area (Å²) in [5.41, 5.74) is 11.7. The van der Waals surface area contributed by atoms with Gasteiger partial charge in [-0.2, -0.15) is 0 Å². The molecule has 19 heavy (non-hydrogen) atoms. The first-order valence-corrected chi connectivity index (χ1v) is 6.15. The Labute approximate surface area is 116 Å². The Morgan fingerprint density at radius 3 is 2.63 bits per heavy atom. The maximum Gasteiger partial charge on any atom is 0.238 e. The van der Waals surface area contributed by atoms with E-state index in [-0.39, 0.29) is 19.0 Å². The van der Waals surface area contributed by atoms with Crippen LogP contribution in [0.3, 0.4) is 0 Å². The highest BCUT2D eigenvalue weighted by Gasteiger charge is 2.12. The lowest BCUT2D eigenvalue weighted by atomic mass is 10.2. The van der Waals surface area contributed by atoms with E-state index in [2.05, 4.69) is 5.32 Å². The number of nitrogens with zero attached hydrogens (tertiary/aromatic N) is 1. The molecule has 0 aliphatic rings. The van der Waals surface area contributed by atoms with Gasteiger partial charge in [0.2, 0.25) is 11.8 Å². The summed E-state index contributed by atoms with van der Waals surface area (Å²) in [4.78, 5) is 24.3. The van der Waals surface area contributed by atoms with Crippen molar-refractivity contribution in [2.45, 2.75) is 6.92 Å². The van der Waals surface area contributed by atoms with Crippen LogP contribution in [0.5, 0.6) is 0 Å². The zero-order valence-electron chi connectivity index (χ0n) is 10.6. The molecule has 5 N–H and O–H groups in total. The fourth-order valence-corrected chi connectivity index (χ4v) is 1.70. The van der Waals surface area contributed by atoms with Gasteiger partial charge in [-0.1, -0.05) is 18.5 Å². The summed E-state index contributed by atoms with van der Waals surface area (Å²) in [7, 11) is 0. The second-order valence-corrected chi connectivity index (χ2v) is 4.49. The molecular formula is C12H17ClN4O2. The van der Waals surface area contributed by atoms with Crippen molar-refractivity contribution in [2.24, 2.45) is 5.73 Å². The van der Waals surface area contributed by atoms with E-state index in [1.807, 2.05) is 6.92 Å². The first-order chi connectivity index (χ1) is 8.92. The normalized spacial score (nSPS) is 10.5. The van der Waals surface area contributed by atoms with Gasteiger partial charge in [0.15, 0.2) is 0 Å². The van der Waals surface area contributed by atoms with Gasteiger partial charge in [0, 0.05) is 5.02 Å². The van der Waals surface area contributed by atoms with Gasteiger partial charge in [-0.15, -0.1) is 0 Å². The number of carbonyl (C=O) groups excluding carboxylic acids is 2. The molecule has 0 fully saturated rings. The summed E-state index contributed by atoms with van der Waals surface area (Å²) in [6, 6.07) is 4.82. The lowest BCUT2D eigenvalue weighted by Crippen LogP contribution is -2.39. The average molecular weight is 285 g/mol. The molecule has 7 heteroatoms. The van der Waals surface area contributed by atoms with E-state index in [1.165, 1.54) is 0 Å². The minimum atomic E-state index is -0.475. The second kappa shape index (κ2) is 6.96. The average Bonchev–Trinajstić information content (AvgIpc) is 2.32. The highest BCUT2D eigenvalue weighted by Crippen LogP contribution is 2.22. The van der Waals surface area contributed by atoms with E-state index in [1.54, 1.807) is 23.1 Å². The first-order valence-electron chi connectivity index (χ1n) is 5.78. The van der Waals surface area contributed by atoms with E-state index in [9.17, 15) is 9.59 Å². The fraction of sp³-hybridized carbons (Fsp3) is 0.333. The molecule has 0 aliphatic heterocycles. The summed E-state index contributed by atoms with van der Waals surface area (Å²) in [5, 5.41) is 3.13. The number of nitrogen functional groups attached to an aromatic ring is 1. The number of likely N-dealkylation sites (N-methyl/N-ethyl adjacent to an activating group) is 1. The third-order valence-electron chi connectivity index (χ3n) is 2.48. The van der Waals surface area contributed by atoms with Gasteiger partial charge in [-0.25, -0.2) is 0 Å².